The lowest BCUT2D eigenvalue weighted by atomic mass is 9.90. The molecule has 2 nitrogen and oxygen atoms in total. The molecule has 0 bridgehead atoms. The van der Waals surface area contributed by atoms with Gasteiger partial charge in [0.2, 0.25) is 0 Å². The molecule has 3 heteroatoms. The number of aryl methyl sites for hydroxylation is 1. The van der Waals surface area contributed by atoms with Crippen LogP contribution in [-0.4, -0.2) is 37.6 Å². The Morgan fingerprint density at radius 1 is 1.41 bits per heavy atom. The van der Waals surface area contributed by atoms with Crippen LogP contribution >= 0.6 is 15.9 Å². The molecule has 1 aliphatic heterocycles. The fourth-order valence-electron chi connectivity index (χ4n) is 2.69. The van der Waals surface area contributed by atoms with E-state index in [1.807, 2.05) is 0 Å². The number of benzene rings is 1. The van der Waals surface area contributed by atoms with Gasteiger partial charge in [-0.25, -0.2) is 0 Å². The van der Waals surface area contributed by atoms with Crippen molar-refractivity contribution < 1.29 is 0 Å². The highest BCUT2D eigenvalue weighted by Crippen LogP contribution is 2.27. The summed E-state index contributed by atoms with van der Waals surface area (Å²) in [5, 5.41) is 3.54. The third-order valence-corrected chi connectivity index (χ3v) is 4.68. The zero-order chi connectivity index (χ0) is 12.3. The molecule has 94 valence electrons. The molecule has 17 heavy (non-hydrogen) atoms. The molecule has 1 aliphatic rings. The predicted molar refractivity (Wildman–Crippen MR) is 76.4 cm³/mol. The maximum atomic E-state index is 3.63. The summed E-state index contributed by atoms with van der Waals surface area (Å²) in [6.45, 7) is 2.37. The highest BCUT2D eigenvalue weighted by atomic mass is 79.9. The van der Waals surface area contributed by atoms with Gasteiger partial charge in [-0.1, -0.05) is 34.1 Å². The largest absolute Gasteiger partial charge is 0.313 e. The van der Waals surface area contributed by atoms with E-state index in [9.17, 15) is 0 Å². The highest BCUT2D eigenvalue weighted by molar-refractivity contribution is 9.10. The number of likely N-dealkylation sites (N-methyl/N-ethyl adjacent to an activating group) is 2. The van der Waals surface area contributed by atoms with E-state index in [0.29, 0.717) is 5.54 Å². The fraction of sp³-hybridized carbons (Fsp3) is 0.571. The van der Waals surface area contributed by atoms with Gasteiger partial charge < -0.3 is 10.2 Å². The van der Waals surface area contributed by atoms with Gasteiger partial charge in [0.15, 0.2) is 0 Å². The van der Waals surface area contributed by atoms with Crippen LogP contribution in [0.4, 0.5) is 0 Å². The maximum absolute atomic E-state index is 3.63. The molecule has 0 amide bonds. The van der Waals surface area contributed by atoms with Crippen molar-refractivity contribution in [1.29, 1.82) is 0 Å². The van der Waals surface area contributed by atoms with Crippen molar-refractivity contribution in [2.24, 2.45) is 0 Å². The summed E-state index contributed by atoms with van der Waals surface area (Å²) < 4.78 is 1.23. The van der Waals surface area contributed by atoms with Gasteiger partial charge in [0.05, 0.1) is 0 Å². The van der Waals surface area contributed by atoms with Crippen LogP contribution in [0.3, 0.4) is 0 Å². The van der Waals surface area contributed by atoms with E-state index in [1.54, 1.807) is 0 Å². The zero-order valence-corrected chi connectivity index (χ0v) is 12.3. The van der Waals surface area contributed by atoms with Crippen LogP contribution in [0, 0.1) is 0 Å². The molecule has 2 rings (SSSR count). The van der Waals surface area contributed by atoms with Crippen molar-refractivity contribution in [3.05, 3.63) is 34.3 Å². The van der Waals surface area contributed by atoms with Gasteiger partial charge in [-0.05, 0) is 51.5 Å². The summed E-state index contributed by atoms with van der Waals surface area (Å²) in [6, 6.07) is 8.53. The molecule has 1 aromatic rings. The van der Waals surface area contributed by atoms with E-state index in [-0.39, 0.29) is 0 Å². The van der Waals surface area contributed by atoms with E-state index in [2.05, 4.69) is 64.5 Å². The highest BCUT2D eigenvalue weighted by Gasteiger charge is 2.34. The van der Waals surface area contributed by atoms with Gasteiger partial charge in [0.1, 0.15) is 0 Å². The molecule has 0 spiro atoms. The summed E-state index contributed by atoms with van der Waals surface area (Å²) in [5.41, 5.74) is 1.72. The molecule has 1 unspecified atom stereocenters. The van der Waals surface area contributed by atoms with Crippen molar-refractivity contribution in [1.82, 2.24) is 10.2 Å². The molecule has 0 radical (unpaired) electrons. The number of rotatable bonds is 4. The Balaban J connectivity index is 1.99. The molecule has 1 fully saturated rings. The van der Waals surface area contributed by atoms with Gasteiger partial charge >= 0.3 is 0 Å². The summed E-state index contributed by atoms with van der Waals surface area (Å²) in [5.74, 6) is 0. The molecule has 1 atom stereocenters. The SMILES string of the molecule is CNC1(CCc2ccccc2Br)CCN(C)C1. The maximum Gasteiger partial charge on any atom is 0.0321 e. The topological polar surface area (TPSA) is 15.3 Å². The standard InChI is InChI=1S/C14H21BrN2/c1-16-14(9-10-17(2)11-14)8-7-12-5-3-4-6-13(12)15/h3-6,16H,7-11H2,1-2H3. The molecule has 1 N–H and O–H groups in total. The number of nitrogens with zero attached hydrogens (tertiary/aromatic N) is 1. The van der Waals surface area contributed by atoms with Gasteiger partial charge in [-0.15, -0.1) is 0 Å². The number of hydrogen-bond donors (Lipinski definition) is 1. The monoisotopic (exact) mass is 296 g/mol. The second-order valence-electron chi connectivity index (χ2n) is 5.11. The Labute approximate surface area is 113 Å². The minimum atomic E-state index is 0.310. The molecule has 1 heterocycles. The molecule has 0 aromatic heterocycles. The van der Waals surface area contributed by atoms with Gasteiger partial charge in [0.25, 0.3) is 0 Å². The van der Waals surface area contributed by atoms with E-state index in [1.165, 1.54) is 29.4 Å². The quantitative estimate of drug-likeness (QED) is 0.919. The summed E-state index contributed by atoms with van der Waals surface area (Å²) in [6.07, 6.45) is 3.59. The molecule has 0 aliphatic carbocycles. The molecule has 0 saturated carbocycles. The minimum absolute atomic E-state index is 0.310. The Kier molecular flexibility index (Phi) is 4.23. The summed E-state index contributed by atoms with van der Waals surface area (Å²) in [7, 11) is 4.30. The van der Waals surface area contributed by atoms with Crippen molar-refractivity contribution in [2.45, 2.75) is 24.8 Å². The molecule has 1 saturated heterocycles. The van der Waals surface area contributed by atoms with Crippen molar-refractivity contribution in [2.75, 3.05) is 27.2 Å². The van der Waals surface area contributed by atoms with Crippen LogP contribution in [-0.2, 0) is 6.42 Å². The third kappa shape index (κ3) is 3.09. The minimum Gasteiger partial charge on any atom is -0.313 e. The van der Waals surface area contributed by atoms with Crippen LogP contribution in [0.15, 0.2) is 28.7 Å². The van der Waals surface area contributed by atoms with Gasteiger partial charge in [-0.3, -0.25) is 0 Å². The number of hydrogen-bond acceptors (Lipinski definition) is 2. The number of likely N-dealkylation sites (tertiary alicyclic amines) is 1. The first-order valence-electron chi connectivity index (χ1n) is 6.26. The average molecular weight is 297 g/mol. The van der Waals surface area contributed by atoms with Gasteiger partial charge in [-0.2, -0.15) is 0 Å². The Morgan fingerprint density at radius 2 is 2.18 bits per heavy atom. The molecular weight excluding hydrogens is 276 g/mol. The number of nitrogens with one attached hydrogen (secondary N) is 1. The van der Waals surface area contributed by atoms with E-state index < -0.39 is 0 Å². The second kappa shape index (κ2) is 5.51. The normalized spacial score (nSPS) is 25.4. The molecular formula is C14H21BrN2. The molecule has 1 aromatic carbocycles. The van der Waals surface area contributed by atoms with Crippen molar-refractivity contribution in [3.63, 3.8) is 0 Å². The lowest BCUT2D eigenvalue weighted by Crippen LogP contribution is -2.45. The Morgan fingerprint density at radius 3 is 2.76 bits per heavy atom. The van der Waals surface area contributed by atoms with Gasteiger partial charge in [0, 0.05) is 16.6 Å². The van der Waals surface area contributed by atoms with Crippen LogP contribution in [0.1, 0.15) is 18.4 Å². The van der Waals surface area contributed by atoms with E-state index in [0.717, 1.165) is 13.0 Å². The average Bonchev–Trinajstić information content (AvgIpc) is 2.71. The van der Waals surface area contributed by atoms with E-state index in [4.69, 9.17) is 0 Å². The lowest BCUT2D eigenvalue weighted by molar-refractivity contribution is 0.310. The smallest absolute Gasteiger partial charge is 0.0321 e. The first kappa shape index (κ1) is 13.1. The van der Waals surface area contributed by atoms with Crippen LogP contribution in [0.2, 0.25) is 0 Å². The first-order chi connectivity index (χ1) is 8.15. The second-order valence-corrected chi connectivity index (χ2v) is 5.96. The lowest BCUT2D eigenvalue weighted by Gasteiger charge is -2.29. The van der Waals surface area contributed by atoms with Crippen LogP contribution in [0.25, 0.3) is 0 Å². The first-order valence-corrected chi connectivity index (χ1v) is 7.05. The van der Waals surface area contributed by atoms with Crippen molar-refractivity contribution in [3.8, 4) is 0 Å². The van der Waals surface area contributed by atoms with E-state index >= 15 is 0 Å². The fourth-order valence-corrected chi connectivity index (χ4v) is 3.17. The Hall–Kier alpha value is -0.380. The third-order valence-electron chi connectivity index (χ3n) is 3.91. The van der Waals surface area contributed by atoms with Crippen molar-refractivity contribution >= 4 is 15.9 Å². The van der Waals surface area contributed by atoms with Crippen LogP contribution < -0.4 is 5.32 Å². The summed E-state index contributed by atoms with van der Waals surface area (Å²) in [4.78, 5) is 2.41. The number of halogens is 1. The van der Waals surface area contributed by atoms with Crippen LogP contribution in [0.5, 0.6) is 0 Å². The predicted octanol–water partition coefficient (Wildman–Crippen LogP) is 2.68. The summed E-state index contributed by atoms with van der Waals surface area (Å²) >= 11 is 3.63. The Bertz CT molecular complexity index is 380. The zero-order valence-electron chi connectivity index (χ0n) is 10.7.